The second-order valence-electron chi connectivity index (χ2n) is 3.36. The summed E-state index contributed by atoms with van der Waals surface area (Å²) in [6, 6.07) is 11.7. The van der Waals surface area contributed by atoms with Gasteiger partial charge < -0.3 is 5.43 Å². The zero-order valence-corrected chi connectivity index (χ0v) is 10.4. The third-order valence-corrected chi connectivity index (χ3v) is 2.97. The van der Waals surface area contributed by atoms with Gasteiger partial charge in [0.25, 0.3) is 0 Å². The molecule has 2 aromatic rings. The third kappa shape index (κ3) is 2.95. The summed E-state index contributed by atoms with van der Waals surface area (Å²) in [4.78, 5) is 8.84. The van der Waals surface area contributed by atoms with Crippen LogP contribution in [0.1, 0.15) is 6.92 Å². The van der Waals surface area contributed by atoms with Gasteiger partial charge in [0.05, 0.1) is 0 Å². The minimum atomic E-state index is 0.634. The van der Waals surface area contributed by atoms with Gasteiger partial charge in [0, 0.05) is 11.6 Å². The molecular formula is C12H14N4S. The van der Waals surface area contributed by atoms with Crippen molar-refractivity contribution < 1.29 is 0 Å². The number of nitrogens with zero attached hydrogens (tertiary/aromatic N) is 2. The van der Waals surface area contributed by atoms with Crippen LogP contribution in [0.3, 0.4) is 0 Å². The molecule has 1 aromatic carbocycles. The Morgan fingerprint density at radius 1 is 1.24 bits per heavy atom. The zero-order chi connectivity index (χ0) is 12.1. The quantitative estimate of drug-likeness (QED) is 0.375. The Hall–Kier alpha value is -1.59. The number of rotatable bonds is 4. The first-order chi connectivity index (χ1) is 8.33. The van der Waals surface area contributed by atoms with Crippen molar-refractivity contribution in [2.45, 2.75) is 11.9 Å². The van der Waals surface area contributed by atoms with E-state index in [0.29, 0.717) is 11.6 Å². The van der Waals surface area contributed by atoms with Crippen LogP contribution in [0.4, 0.5) is 5.82 Å². The predicted molar refractivity (Wildman–Crippen MR) is 71.7 cm³/mol. The molecule has 3 N–H and O–H groups in total. The Labute approximate surface area is 105 Å². The van der Waals surface area contributed by atoms with E-state index < -0.39 is 0 Å². The number of hydrogen-bond acceptors (Lipinski definition) is 5. The highest BCUT2D eigenvalue weighted by atomic mass is 32.2. The summed E-state index contributed by atoms with van der Waals surface area (Å²) in [5, 5.41) is 0.925. The topological polar surface area (TPSA) is 63.8 Å². The number of hydrazine groups is 1. The fourth-order valence-corrected chi connectivity index (χ4v) is 2.08. The molecule has 1 heterocycles. The summed E-state index contributed by atoms with van der Waals surface area (Å²) < 4.78 is 0. The van der Waals surface area contributed by atoms with Crippen molar-refractivity contribution in [3.8, 4) is 11.4 Å². The number of nitrogens with one attached hydrogen (secondary N) is 1. The molecule has 0 atom stereocenters. The van der Waals surface area contributed by atoms with Gasteiger partial charge in [-0.05, 0) is 5.75 Å². The molecule has 0 unspecified atom stereocenters. The zero-order valence-electron chi connectivity index (χ0n) is 9.55. The largest absolute Gasteiger partial charge is 0.308 e. The minimum absolute atomic E-state index is 0.634. The molecule has 0 amide bonds. The van der Waals surface area contributed by atoms with Crippen molar-refractivity contribution in [1.29, 1.82) is 0 Å². The lowest BCUT2D eigenvalue weighted by molar-refractivity contribution is 1.05. The lowest BCUT2D eigenvalue weighted by Crippen LogP contribution is -2.09. The van der Waals surface area contributed by atoms with Crippen molar-refractivity contribution in [2.75, 3.05) is 11.2 Å². The molecule has 0 saturated carbocycles. The van der Waals surface area contributed by atoms with Crippen LogP contribution >= 0.6 is 11.8 Å². The Balaban J connectivity index is 2.43. The molecule has 2 rings (SSSR count). The van der Waals surface area contributed by atoms with E-state index in [2.05, 4.69) is 22.3 Å². The Morgan fingerprint density at radius 2 is 2.00 bits per heavy atom. The predicted octanol–water partition coefficient (Wildman–Crippen LogP) is 2.54. The van der Waals surface area contributed by atoms with Crippen LogP contribution in [0.15, 0.2) is 41.4 Å². The van der Waals surface area contributed by atoms with Gasteiger partial charge in [0.1, 0.15) is 10.8 Å². The molecular weight excluding hydrogens is 232 g/mol. The van der Waals surface area contributed by atoms with E-state index >= 15 is 0 Å². The molecule has 4 nitrogen and oxygen atoms in total. The summed E-state index contributed by atoms with van der Waals surface area (Å²) >= 11 is 1.67. The molecule has 88 valence electrons. The standard InChI is InChI=1S/C12H14N4S/c1-2-17-11-8-10(16-13)14-12(15-11)9-6-4-3-5-7-9/h3-8H,2,13H2,1H3,(H,14,15,16). The van der Waals surface area contributed by atoms with Gasteiger partial charge in [0.15, 0.2) is 5.82 Å². The first-order valence-corrected chi connectivity index (χ1v) is 6.36. The molecule has 0 aliphatic carbocycles. The molecule has 0 radical (unpaired) electrons. The molecule has 5 heteroatoms. The number of hydrogen-bond donors (Lipinski definition) is 2. The van der Waals surface area contributed by atoms with Crippen LogP contribution in [-0.4, -0.2) is 15.7 Å². The van der Waals surface area contributed by atoms with Crippen molar-refractivity contribution in [3.63, 3.8) is 0 Å². The van der Waals surface area contributed by atoms with Gasteiger partial charge >= 0.3 is 0 Å². The first-order valence-electron chi connectivity index (χ1n) is 5.37. The molecule has 0 saturated heterocycles. The van der Waals surface area contributed by atoms with Gasteiger partial charge in [0.2, 0.25) is 0 Å². The highest BCUT2D eigenvalue weighted by molar-refractivity contribution is 7.99. The number of anilines is 1. The van der Waals surface area contributed by atoms with Crippen LogP contribution in [-0.2, 0) is 0 Å². The summed E-state index contributed by atoms with van der Waals surface area (Å²) in [6.07, 6.45) is 0. The molecule has 1 aromatic heterocycles. The van der Waals surface area contributed by atoms with E-state index in [1.807, 2.05) is 36.4 Å². The van der Waals surface area contributed by atoms with Gasteiger partial charge in [-0.25, -0.2) is 15.8 Å². The monoisotopic (exact) mass is 246 g/mol. The summed E-state index contributed by atoms with van der Waals surface area (Å²) in [5.41, 5.74) is 3.56. The Kier molecular flexibility index (Phi) is 3.95. The SMILES string of the molecule is CCSc1cc(NN)nc(-c2ccccc2)n1. The summed E-state index contributed by atoms with van der Waals surface area (Å²) in [6.45, 7) is 2.09. The van der Waals surface area contributed by atoms with E-state index in [9.17, 15) is 0 Å². The van der Waals surface area contributed by atoms with Crippen molar-refractivity contribution >= 4 is 17.6 Å². The second kappa shape index (κ2) is 5.65. The first kappa shape index (κ1) is 11.9. The van der Waals surface area contributed by atoms with Crippen molar-refractivity contribution in [3.05, 3.63) is 36.4 Å². The average Bonchev–Trinajstić information content (AvgIpc) is 2.40. The van der Waals surface area contributed by atoms with E-state index in [0.717, 1.165) is 16.3 Å². The molecule has 0 aliphatic heterocycles. The van der Waals surface area contributed by atoms with Gasteiger partial charge in [-0.15, -0.1) is 11.8 Å². The highest BCUT2D eigenvalue weighted by Gasteiger charge is 2.05. The fraction of sp³-hybridized carbons (Fsp3) is 0.167. The highest BCUT2D eigenvalue weighted by Crippen LogP contribution is 2.22. The lowest BCUT2D eigenvalue weighted by atomic mass is 10.2. The van der Waals surface area contributed by atoms with Crippen LogP contribution < -0.4 is 11.3 Å². The molecule has 0 aliphatic rings. The van der Waals surface area contributed by atoms with E-state index in [4.69, 9.17) is 5.84 Å². The van der Waals surface area contributed by atoms with Crippen LogP contribution in [0.2, 0.25) is 0 Å². The fourth-order valence-electron chi connectivity index (χ4n) is 1.44. The van der Waals surface area contributed by atoms with Gasteiger partial charge in [-0.1, -0.05) is 37.3 Å². The molecule has 0 spiro atoms. The molecule has 17 heavy (non-hydrogen) atoms. The number of nitrogen functional groups attached to an aromatic ring is 1. The van der Waals surface area contributed by atoms with E-state index in [1.54, 1.807) is 11.8 Å². The van der Waals surface area contributed by atoms with Crippen LogP contribution in [0, 0.1) is 0 Å². The lowest BCUT2D eigenvalue weighted by Gasteiger charge is -2.06. The van der Waals surface area contributed by atoms with Crippen molar-refractivity contribution in [2.24, 2.45) is 5.84 Å². The summed E-state index contributed by atoms with van der Waals surface area (Å²) in [7, 11) is 0. The average molecular weight is 246 g/mol. The number of thioether (sulfide) groups is 1. The normalized spacial score (nSPS) is 10.2. The number of nitrogens with two attached hydrogens (primary N) is 1. The maximum Gasteiger partial charge on any atom is 0.162 e. The maximum absolute atomic E-state index is 5.41. The number of aromatic nitrogens is 2. The summed E-state index contributed by atoms with van der Waals surface area (Å²) in [5.74, 6) is 7.71. The van der Waals surface area contributed by atoms with Crippen LogP contribution in [0.5, 0.6) is 0 Å². The Bertz CT molecular complexity index is 487. The maximum atomic E-state index is 5.41. The molecule has 0 fully saturated rings. The molecule has 0 bridgehead atoms. The smallest absolute Gasteiger partial charge is 0.162 e. The van der Waals surface area contributed by atoms with Crippen LogP contribution in [0.25, 0.3) is 11.4 Å². The van der Waals surface area contributed by atoms with E-state index in [1.165, 1.54) is 0 Å². The minimum Gasteiger partial charge on any atom is -0.308 e. The van der Waals surface area contributed by atoms with Gasteiger partial charge in [-0.2, -0.15) is 0 Å². The van der Waals surface area contributed by atoms with Crippen molar-refractivity contribution in [1.82, 2.24) is 9.97 Å². The van der Waals surface area contributed by atoms with Gasteiger partial charge in [-0.3, -0.25) is 0 Å². The van der Waals surface area contributed by atoms with E-state index in [-0.39, 0.29) is 0 Å². The number of benzene rings is 1. The second-order valence-corrected chi connectivity index (χ2v) is 4.64. The third-order valence-electron chi connectivity index (χ3n) is 2.17. The Morgan fingerprint density at radius 3 is 2.65 bits per heavy atom.